The van der Waals surface area contributed by atoms with Crippen LogP contribution in [-0.2, 0) is 24.2 Å². The summed E-state index contributed by atoms with van der Waals surface area (Å²) in [6, 6.07) is 8.13. The predicted octanol–water partition coefficient (Wildman–Crippen LogP) is 1.46. The van der Waals surface area contributed by atoms with E-state index in [2.05, 4.69) is 25.8 Å². The number of imidazole rings is 1. The fraction of sp³-hybridized carbons (Fsp3) is 0.474. The van der Waals surface area contributed by atoms with E-state index >= 15 is 0 Å². The first-order valence-electron chi connectivity index (χ1n) is 8.98. The number of carbonyl (C=O) groups is 1. The second-order valence-electron chi connectivity index (χ2n) is 6.79. The molecule has 1 saturated heterocycles. The van der Waals surface area contributed by atoms with E-state index in [0.717, 1.165) is 63.6 Å². The molecule has 1 amide bonds. The standard InChI is InChI=1S/C19H24N4O2/c24-19(21-17-4-5-18-20-6-7-23(18)14-17)16-3-1-2-15(12-16)13-22-8-10-25-11-9-22/h1-3,6-7,12,17H,4-5,8-11,13-14H2,(H,21,24)/t17-/m0/s1. The second-order valence-corrected chi connectivity index (χ2v) is 6.79. The maximum Gasteiger partial charge on any atom is 0.251 e. The highest BCUT2D eigenvalue weighted by Gasteiger charge is 2.21. The maximum absolute atomic E-state index is 12.6. The van der Waals surface area contributed by atoms with E-state index in [1.54, 1.807) is 0 Å². The highest BCUT2D eigenvalue weighted by atomic mass is 16.5. The first-order valence-corrected chi connectivity index (χ1v) is 8.98. The van der Waals surface area contributed by atoms with Crippen LogP contribution in [0.15, 0.2) is 36.7 Å². The first-order chi connectivity index (χ1) is 12.3. The van der Waals surface area contributed by atoms with Gasteiger partial charge in [0, 0.05) is 56.6 Å². The minimum absolute atomic E-state index is 0.0115. The highest BCUT2D eigenvalue weighted by Crippen LogP contribution is 2.15. The van der Waals surface area contributed by atoms with Crippen LogP contribution in [0.2, 0.25) is 0 Å². The molecule has 0 spiro atoms. The molecule has 2 aliphatic rings. The van der Waals surface area contributed by atoms with Crippen molar-refractivity contribution in [3.8, 4) is 0 Å². The zero-order valence-corrected chi connectivity index (χ0v) is 14.4. The Hall–Kier alpha value is -2.18. The van der Waals surface area contributed by atoms with Crippen molar-refractivity contribution in [3.05, 3.63) is 53.6 Å². The highest BCUT2D eigenvalue weighted by molar-refractivity contribution is 5.94. The molecule has 25 heavy (non-hydrogen) atoms. The SMILES string of the molecule is O=C(N[C@H]1CCc2nccn2C1)c1cccc(CN2CCOCC2)c1. The van der Waals surface area contributed by atoms with Crippen molar-refractivity contribution in [1.29, 1.82) is 0 Å². The number of aromatic nitrogens is 2. The quantitative estimate of drug-likeness (QED) is 0.915. The third-order valence-electron chi connectivity index (χ3n) is 4.97. The number of benzene rings is 1. The van der Waals surface area contributed by atoms with Gasteiger partial charge in [-0.25, -0.2) is 4.98 Å². The van der Waals surface area contributed by atoms with Crippen LogP contribution in [0.4, 0.5) is 0 Å². The van der Waals surface area contributed by atoms with E-state index in [-0.39, 0.29) is 11.9 Å². The summed E-state index contributed by atoms with van der Waals surface area (Å²) < 4.78 is 7.52. The number of fused-ring (bicyclic) bond motifs is 1. The van der Waals surface area contributed by atoms with Crippen LogP contribution >= 0.6 is 0 Å². The van der Waals surface area contributed by atoms with Gasteiger partial charge >= 0.3 is 0 Å². The molecule has 2 aliphatic heterocycles. The van der Waals surface area contributed by atoms with Crippen LogP contribution in [0.1, 0.15) is 28.2 Å². The summed E-state index contributed by atoms with van der Waals surface area (Å²) in [6.45, 7) is 5.15. The molecule has 6 heteroatoms. The van der Waals surface area contributed by atoms with Gasteiger partial charge in [-0.15, -0.1) is 0 Å². The fourth-order valence-corrected chi connectivity index (χ4v) is 3.58. The van der Waals surface area contributed by atoms with E-state index < -0.39 is 0 Å². The van der Waals surface area contributed by atoms with Gasteiger partial charge in [0.15, 0.2) is 0 Å². The van der Waals surface area contributed by atoms with Crippen molar-refractivity contribution in [2.24, 2.45) is 0 Å². The van der Waals surface area contributed by atoms with Crippen molar-refractivity contribution < 1.29 is 9.53 Å². The number of carbonyl (C=O) groups excluding carboxylic acids is 1. The molecule has 132 valence electrons. The second kappa shape index (κ2) is 7.37. The summed E-state index contributed by atoms with van der Waals surface area (Å²) in [7, 11) is 0. The average molecular weight is 340 g/mol. The van der Waals surface area contributed by atoms with E-state index in [1.165, 1.54) is 5.56 Å². The van der Waals surface area contributed by atoms with Gasteiger partial charge < -0.3 is 14.6 Å². The molecule has 1 N–H and O–H groups in total. The van der Waals surface area contributed by atoms with E-state index in [4.69, 9.17) is 4.74 Å². The smallest absolute Gasteiger partial charge is 0.251 e. The lowest BCUT2D eigenvalue weighted by Crippen LogP contribution is -2.41. The number of nitrogens with zero attached hydrogens (tertiary/aromatic N) is 3. The van der Waals surface area contributed by atoms with E-state index in [0.29, 0.717) is 0 Å². The van der Waals surface area contributed by atoms with Gasteiger partial charge in [-0.05, 0) is 24.1 Å². The van der Waals surface area contributed by atoms with Gasteiger partial charge in [-0.2, -0.15) is 0 Å². The van der Waals surface area contributed by atoms with Gasteiger partial charge in [0.25, 0.3) is 5.91 Å². The Balaban J connectivity index is 1.38. The summed E-state index contributed by atoms with van der Waals surface area (Å²) in [5.41, 5.74) is 1.91. The molecule has 1 atom stereocenters. The van der Waals surface area contributed by atoms with E-state index in [1.807, 2.05) is 30.6 Å². The number of rotatable bonds is 4. The zero-order valence-electron chi connectivity index (χ0n) is 14.4. The van der Waals surface area contributed by atoms with Crippen LogP contribution in [-0.4, -0.2) is 52.7 Å². The third kappa shape index (κ3) is 3.91. The van der Waals surface area contributed by atoms with Crippen molar-refractivity contribution in [3.63, 3.8) is 0 Å². The van der Waals surface area contributed by atoms with Crippen LogP contribution in [0.5, 0.6) is 0 Å². The van der Waals surface area contributed by atoms with Crippen molar-refractivity contribution in [2.45, 2.75) is 32.0 Å². The normalized spacial score (nSPS) is 20.9. The number of ether oxygens (including phenoxy) is 1. The summed E-state index contributed by atoms with van der Waals surface area (Å²) in [5, 5.41) is 3.18. The summed E-state index contributed by atoms with van der Waals surface area (Å²) >= 11 is 0. The average Bonchev–Trinajstić information content (AvgIpc) is 3.10. The Morgan fingerprint density at radius 1 is 1.32 bits per heavy atom. The minimum Gasteiger partial charge on any atom is -0.379 e. The minimum atomic E-state index is 0.0115. The van der Waals surface area contributed by atoms with Crippen LogP contribution < -0.4 is 5.32 Å². The molecular weight excluding hydrogens is 316 g/mol. The predicted molar refractivity (Wildman–Crippen MR) is 94.3 cm³/mol. The zero-order chi connectivity index (χ0) is 17.1. The lowest BCUT2D eigenvalue weighted by molar-refractivity contribution is 0.0342. The number of aryl methyl sites for hydroxylation is 1. The molecule has 1 aromatic carbocycles. The van der Waals surface area contributed by atoms with Gasteiger partial charge in [-0.1, -0.05) is 12.1 Å². The Morgan fingerprint density at radius 2 is 2.20 bits per heavy atom. The maximum atomic E-state index is 12.6. The molecule has 6 nitrogen and oxygen atoms in total. The fourth-order valence-electron chi connectivity index (χ4n) is 3.58. The molecule has 0 saturated carbocycles. The van der Waals surface area contributed by atoms with Gasteiger partial charge in [0.05, 0.1) is 13.2 Å². The molecule has 0 unspecified atom stereocenters. The number of amides is 1. The van der Waals surface area contributed by atoms with Crippen molar-refractivity contribution in [1.82, 2.24) is 19.8 Å². The Morgan fingerprint density at radius 3 is 3.08 bits per heavy atom. The monoisotopic (exact) mass is 340 g/mol. The molecule has 0 radical (unpaired) electrons. The van der Waals surface area contributed by atoms with Crippen LogP contribution in [0.25, 0.3) is 0 Å². The molecule has 1 aromatic heterocycles. The van der Waals surface area contributed by atoms with Gasteiger partial charge in [0.2, 0.25) is 0 Å². The first kappa shape index (κ1) is 16.3. The van der Waals surface area contributed by atoms with Gasteiger partial charge in [0.1, 0.15) is 5.82 Å². The van der Waals surface area contributed by atoms with Crippen LogP contribution in [0, 0.1) is 0 Å². The molecule has 1 fully saturated rings. The Kier molecular flexibility index (Phi) is 4.81. The Labute approximate surface area is 147 Å². The lowest BCUT2D eigenvalue weighted by atomic mass is 10.1. The largest absolute Gasteiger partial charge is 0.379 e. The number of hydrogen-bond acceptors (Lipinski definition) is 4. The van der Waals surface area contributed by atoms with Gasteiger partial charge in [-0.3, -0.25) is 9.69 Å². The van der Waals surface area contributed by atoms with Crippen LogP contribution in [0.3, 0.4) is 0 Å². The molecule has 3 heterocycles. The molecular formula is C19H24N4O2. The molecule has 4 rings (SSSR count). The lowest BCUT2D eigenvalue weighted by Gasteiger charge is -2.27. The van der Waals surface area contributed by atoms with E-state index in [9.17, 15) is 4.79 Å². The number of morpholine rings is 1. The van der Waals surface area contributed by atoms with Crippen molar-refractivity contribution >= 4 is 5.91 Å². The molecule has 2 aromatic rings. The number of nitrogens with one attached hydrogen (secondary N) is 1. The summed E-state index contributed by atoms with van der Waals surface area (Å²) in [4.78, 5) is 19.3. The molecule has 0 bridgehead atoms. The summed E-state index contributed by atoms with van der Waals surface area (Å²) in [6.07, 6.45) is 5.66. The summed E-state index contributed by atoms with van der Waals surface area (Å²) in [5.74, 6) is 1.12. The third-order valence-corrected chi connectivity index (χ3v) is 4.97. The number of hydrogen-bond donors (Lipinski definition) is 1. The Bertz CT molecular complexity index is 737. The molecule has 0 aliphatic carbocycles. The topological polar surface area (TPSA) is 59.4 Å². The van der Waals surface area contributed by atoms with Crippen molar-refractivity contribution in [2.75, 3.05) is 26.3 Å².